The van der Waals surface area contributed by atoms with Gasteiger partial charge in [0.25, 0.3) is 0 Å². The van der Waals surface area contributed by atoms with E-state index in [1.54, 1.807) is 0 Å². The Morgan fingerprint density at radius 1 is 1.33 bits per heavy atom. The van der Waals surface area contributed by atoms with E-state index < -0.39 is 24.6 Å². The summed E-state index contributed by atoms with van der Waals surface area (Å²) in [6.45, 7) is -0.471. The van der Waals surface area contributed by atoms with Gasteiger partial charge in [0.05, 0.1) is 12.5 Å². The van der Waals surface area contributed by atoms with Gasteiger partial charge in [-0.2, -0.15) is 27.2 Å². The Hall–Kier alpha value is -1.39. The van der Waals surface area contributed by atoms with Crippen LogP contribution in [-0.2, 0) is 4.79 Å². The van der Waals surface area contributed by atoms with Crippen molar-refractivity contribution in [2.75, 3.05) is 13.6 Å². The number of nitriles is 1. The first-order valence-corrected chi connectivity index (χ1v) is 3.71. The maximum atomic E-state index is 12.4. The van der Waals surface area contributed by atoms with E-state index in [0.717, 1.165) is 7.05 Å². The summed E-state index contributed by atoms with van der Waals surface area (Å²) in [5.74, 6) is -7.76. The van der Waals surface area contributed by atoms with Crippen LogP contribution in [0.5, 0.6) is 0 Å². The Balaban J connectivity index is 4.64. The van der Waals surface area contributed by atoms with Gasteiger partial charge in [0.1, 0.15) is 0 Å². The molecule has 0 aromatic carbocycles. The van der Waals surface area contributed by atoms with Crippen LogP contribution in [0.4, 0.5) is 22.0 Å². The van der Waals surface area contributed by atoms with Crippen LogP contribution in [-0.4, -0.2) is 36.5 Å². The van der Waals surface area contributed by atoms with E-state index in [-0.39, 0.29) is 11.3 Å². The molecule has 0 atom stereocenters. The van der Waals surface area contributed by atoms with E-state index in [4.69, 9.17) is 5.26 Å². The molecule has 3 nitrogen and oxygen atoms in total. The average molecular weight is 230 g/mol. The van der Waals surface area contributed by atoms with Gasteiger partial charge in [0.2, 0.25) is 0 Å². The molecule has 0 radical (unpaired) electrons. The molecule has 0 bridgehead atoms. The lowest BCUT2D eigenvalue weighted by molar-refractivity contribution is -0.273. The Morgan fingerprint density at radius 2 is 1.80 bits per heavy atom. The van der Waals surface area contributed by atoms with Gasteiger partial charge in [-0.3, -0.25) is 4.79 Å². The van der Waals surface area contributed by atoms with Crippen LogP contribution in [0.3, 0.4) is 0 Å². The monoisotopic (exact) mass is 230 g/mol. The quantitative estimate of drug-likeness (QED) is 0.690. The number of carbonyl (C=O) groups excluding carboxylic acids is 1. The summed E-state index contributed by atoms with van der Waals surface area (Å²) < 4.78 is 59.9. The highest BCUT2D eigenvalue weighted by molar-refractivity contribution is 5.84. The van der Waals surface area contributed by atoms with Crippen molar-refractivity contribution >= 4 is 5.91 Å². The molecule has 0 aliphatic rings. The zero-order valence-corrected chi connectivity index (χ0v) is 7.61. The number of amides is 1. The number of rotatable bonds is 3. The lowest BCUT2D eigenvalue weighted by Gasteiger charge is -2.24. The van der Waals surface area contributed by atoms with E-state index in [2.05, 4.69) is 0 Å². The number of carbonyl (C=O) groups is 1. The van der Waals surface area contributed by atoms with Crippen LogP contribution in [0.1, 0.15) is 6.42 Å². The molecule has 0 N–H and O–H groups in total. The van der Waals surface area contributed by atoms with Crippen LogP contribution in [0, 0.1) is 11.3 Å². The average Bonchev–Trinajstić information content (AvgIpc) is 2.10. The predicted molar refractivity (Wildman–Crippen MR) is 38.9 cm³/mol. The fourth-order valence-electron chi connectivity index (χ4n) is 0.680. The van der Waals surface area contributed by atoms with Gasteiger partial charge in [0.15, 0.2) is 0 Å². The lowest BCUT2D eigenvalue weighted by Crippen LogP contribution is -2.51. The summed E-state index contributed by atoms with van der Waals surface area (Å²) >= 11 is 0. The van der Waals surface area contributed by atoms with E-state index in [1.807, 2.05) is 0 Å². The molecule has 0 aromatic heterocycles. The molecule has 0 spiro atoms. The molecule has 0 unspecified atom stereocenters. The van der Waals surface area contributed by atoms with Crippen molar-refractivity contribution < 1.29 is 26.7 Å². The summed E-state index contributed by atoms with van der Waals surface area (Å²) in [5, 5.41) is 8.06. The maximum Gasteiger partial charge on any atom is 0.463 e. The maximum absolute atomic E-state index is 12.4. The number of alkyl halides is 5. The molecule has 15 heavy (non-hydrogen) atoms. The number of hydrogen-bond donors (Lipinski definition) is 0. The van der Waals surface area contributed by atoms with Gasteiger partial charge in [0, 0.05) is 13.6 Å². The molecule has 8 heteroatoms. The molecule has 0 rings (SSSR count). The van der Waals surface area contributed by atoms with Crippen molar-refractivity contribution in [1.82, 2.24) is 4.90 Å². The third-order valence-electron chi connectivity index (χ3n) is 1.53. The minimum atomic E-state index is -5.91. The number of halogens is 5. The molecule has 0 aliphatic heterocycles. The van der Waals surface area contributed by atoms with E-state index in [1.165, 1.54) is 6.07 Å². The second-order valence-electron chi connectivity index (χ2n) is 2.71. The summed E-state index contributed by atoms with van der Waals surface area (Å²) in [4.78, 5) is 10.8. The Morgan fingerprint density at radius 3 is 2.13 bits per heavy atom. The summed E-state index contributed by atoms with van der Waals surface area (Å²) in [5.41, 5.74) is 0. The highest BCUT2D eigenvalue weighted by Gasteiger charge is 2.64. The molecule has 0 aliphatic carbocycles. The second kappa shape index (κ2) is 4.42. The first-order chi connectivity index (χ1) is 6.64. The molecule has 0 aromatic rings. The zero-order valence-electron chi connectivity index (χ0n) is 7.61. The van der Waals surface area contributed by atoms with Gasteiger partial charge < -0.3 is 4.90 Å². The summed E-state index contributed by atoms with van der Waals surface area (Å²) in [7, 11) is 0.777. The predicted octanol–water partition coefficient (Wildman–Crippen LogP) is 1.56. The van der Waals surface area contributed by atoms with Crippen molar-refractivity contribution in [3.05, 3.63) is 0 Å². The van der Waals surface area contributed by atoms with Crippen molar-refractivity contribution in [1.29, 1.82) is 5.26 Å². The third-order valence-corrected chi connectivity index (χ3v) is 1.53. The number of nitrogens with zero attached hydrogens (tertiary/aromatic N) is 2. The Labute approximate surface area is 82.1 Å². The molecule has 0 saturated heterocycles. The minimum Gasteiger partial charge on any atom is -0.339 e. The molecular weight excluding hydrogens is 223 g/mol. The Kier molecular flexibility index (Phi) is 4.01. The van der Waals surface area contributed by atoms with Crippen molar-refractivity contribution in [3.63, 3.8) is 0 Å². The normalized spacial score (nSPS) is 12.1. The van der Waals surface area contributed by atoms with E-state index in [0.29, 0.717) is 0 Å². The standard InChI is InChI=1S/C7H7F5N2O/c1-14(4-2-3-13)5(15)6(8,9)7(10,11)12/h2,4H2,1H3. The van der Waals surface area contributed by atoms with Gasteiger partial charge in [-0.1, -0.05) is 0 Å². The van der Waals surface area contributed by atoms with Crippen LogP contribution < -0.4 is 0 Å². The fraction of sp³-hybridized carbons (Fsp3) is 0.714. The molecular formula is C7H7F5N2O. The van der Waals surface area contributed by atoms with Gasteiger partial charge in [-0.15, -0.1) is 0 Å². The molecule has 0 saturated carbocycles. The summed E-state index contributed by atoms with van der Waals surface area (Å²) in [6, 6.07) is 1.52. The first-order valence-electron chi connectivity index (χ1n) is 3.71. The zero-order chi connectivity index (χ0) is 12.3. The second-order valence-corrected chi connectivity index (χ2v) is 2.71. The SMILES string of the molecule is CN(CCC#N)C(=O)C(F)(F)C(F)(F)F. The molecule has 0 heterocycles. The lowest BCUT2D eigenvalue weighted by atomic mass is 10.2. The van der Waals surface area contributed by atoms with Gasteiger partial charge >= 0.3 is 18.0 Å². The van der Waals surface area contributed by atoms with E-state index in [9.17, 15) is 26.7 Å². The van der Waals surface area contributed by atoms with Crippen LogP contribution >= 0.6 is 0 Å². The van der Waals surface area contributed by atoms with Crippen molar-refractivity contribution in [2.45, 2.75) is 18.5 Å². The van der Waals surface area contributed by atoms with Crippen LogP contribution in [0.2, 0.25) is 0 Å². The van der Waals surface area contributed by atoms with Crippen molar-refractivity contribution in [3.8, 4) is 6.07 Å². The Bertz CT molecular complexity index is 280. The summed E-state index contributed by atoms with van der Waals surface area (Å²) in [6.07, 6.45) is -6.22. The highest BCUT2D eigenvalue weighted by Crippen LogP contribution is 2.36. The molecule has 86 valence electrons. The largest absolute Gasteiger partial charge is 0.463 e. The van der Waals surface area contributed by atoms with Gasteiger partial charge in [-0.05, 0) is 0 Å². The van der Waals surface area contributed by atoms with Crippen molar-refractivity contribution in [2.24, 2.45) is 0 Å². The molecule has 1 amide bonds. The first kappa shape index (κ1) is 13.6. The minimum absolute atomic E-state index is 0.177. The number of hydrogen-bond acceptors (Lipinski definition) is 2. The van der Waals surface area contributed by atoms with Gasteiger partial charge in [-0.25, -0.2) is 0 Å². The molecule has 0 fully saturated rings. The highest BCUT2D eigenvalue weighted by atomic mass is 19.4. The van der Waals surface area contributed by atoms with Crippen LogP contribution in [0.15, 0.2) is 0 Å². The fourth-order valence-corrected chi connectivity index (χ4v) is 0.680. The van der Waals surface area contributed by atoms with E-state index >= 15 is 0 Å². The van der Waals surface area contributed by atoms with Crippen LogP contribution in [0.25, 0.3) is 0 Å². The third kappa shape index (κ3) is 3.04. The smallest absolute Gasteiger partial charge is 0.339 e. The topological polar surface area (TPSA) is 44.1 Å².